The van der Waals surface area contributed by atoms with Crippen LogP contribution in [0.2, 0.25) is 0 Å². The lowest BCUT2D eigenvalue weighted by Crippen LogP contribution is -2.46. The van der Waals surface area contributed by atoms with Crippen molar-refractivity contribution >= 4 is 13.7 Å². The number of rotatable bonds is 62. The van der Waals surface area contributed by atoms with Gasteiger partial charge in [-0.05, 0) is 38.5 Å². The molecule has 0 aromatic heterocycles. The molecule has 3 N–H and O–H groups in total. The smallest absolute Gasteiger partial charge is 0.391 e. The third-order valence-electron chi connectivity index (χ3n) is 15.5. The molecule has 0 bridgehead atoms. The van der Waals surface area contributed by atoms with Crippen molar-refractivity contribution in [3.63, 3.8) is 0 Å². The zero-order valence-electron chi connectivity index (χ0n) is 50.6. The van der Waals surface area contributed by atoms with Crippen molar-refractivity contribution < 1.29 is 32.9 Å². The lowest BCUT2D eigenvalue weighted by atomic mass is 10.0. The van der Waals surface area contributed by atoms with Gasteiger partial charge in [0.2, 0.25) is 5.91 Å². The second-order valence-electron chi connectivity index (χ2n) is 24.2. The molecule has 74 heavy (non-hydrogen) atoms. The van der Waals surface area contributed by atoms with Crippen LogP contribution >= 0.6 is 7.82 Å². The molecule has 9 heteroatoms. The van der Waals surface area contributed by atoms with Crippen molar-refractivity contribution in [1.82, 2.24) is 5.32 Å². The van der Waals surface area contributed by atoms with Crippen LogP contribution in [0.3, 0.4) is 0 Å². The second-order valence-corrected chi connectivity index (χ2v) is 25.7. The summed E-state index contributed by atoms with van der Waals surface area (Å²) < 4.78 is 23.9. The molecular weight excluding hydrogens is 936 g/mol. The van der Waals surface area contributed by atoms with Gasteiger partial charge >= 0.3 is 7.82 Å². The molecule has 0 aliphatic rings. The van der Waals surface area contributed by atoms with E-state index in [-0.39, 0.29) is 19.1 Å². The Labute approximate surface area is 462 Å². The van der Waals surface area contributed by atoms with Crippen LogP contribution < -0.4 is 5.32 Å². The number of hydrogen-bond donors (Lipinski definition) is 3. The molecule has 0 aromatic carbocycles. The molecule has 0 aliphatic heterocycles. The highest BCUT2D eigenvalue weighted by molar-refractivity contribution is 7.47. The molecule has 1 amide bonds. The largest absolute Gasteiger partial charge is 0.472 e. The lowest BCUT2D eigenvalue weighted by molar-refractivity contribution is -0.870. The van der Waals surface area contributed by atoms with Crippen molar-refractivity contribution in [3.05, 3.63) is 12.2 Å². The molecule has 0 radical (unpaired) electrons. The molecule has 0 aliphatic carbocycles. The zero-order valence-corrected chi connectivity index (χ0v) is 51.5. The molecule has 442 valence electrons. The van der Waals surface area contributed by atoms with E-state index in [1.165, 1.54) is 283 Å². The molecule has 3 unspecified atom stereocenters. The van der Waals surface area contributed by atoms with E-state index in [4.69, 9.17) is 9.05 Å². The highest BCUT2D eigenvalue weighted by Gasteiger charge is 2.28. The highest BCUT2D eigenvalue weighted by atomic mass is 31.2. The Morgan fingerprint density at radius 1 is 0.446 bits per heavy atom. The Kier molecular flexibility index (Phi) is 56.4. The van der Waals surface area contributed by atoms with E-state index in [1.807, 2.05) is 21.1 Å². The Balaban J connectivity index is 4.04. The van der Waals surface area contributed by atoms with Gasteiger partial charge in [0, 0.05) is 6.42 Å². The van der Waals surface area contributed by atoms with Crippen molar-refractivity contribution in [2.45, 2.75) is 360 Å². The minimum atomic E-state index is -4.32. The van der Waals surface area contributed by atoms with Crippen LogP contribution in [0.4, 0.5) is 0 Å². The normalized spacial score (nSPS) is 13.8. The number of phosphoric ester groups is 1. The molecule has 0 spiro atoms. The number of nitrogens with zero attached hydrogens (tertiary/aromatic N) is 1. The summed E-state index contributed by atoms with van der Waals surface area (Å²) >= 11 is 0. The van der Waals surface area contributed by atoms with Gasteiger partial charge in [-0.15, -0.1) is 0 Å². The number of nitrogens with one attached hydrogen (secondary N) is 1. The van der Waals surface area contributed by atoms with Gasteiger partial charge in [0.25, 0.3) is 0 Å². The van der Waals surface area contributed by atoms with Crippen molar-refractivity contribution in [1.29, 1.82) is 0 Å². The van der Waals surface area contributed by atoms with Crippen LogP contribution in [0.5, 0.6) is 0 Å². The van der Waals surface area contributed by atoms with E-state index in [0.29, 0.717) is 23.9 Å². The number of hydrogen-bond acceptors (Lipinski definition) is 5. The first-order chi connectivity index (χ1) is 36.0. The van der Waals surface area contributed by atoms with Crippen LogP contribution in [0, 0.1) is 0 Å². The maximum absolute atomic E-state index is 13.0. The summed E-state index contributed by atoms with van der Waals surface area (Å²) in [5, 5.41) is 14.1. The van der Waals surface area contributed by atoms with Gasteiger partial charge in [-0.25, -0.2) is 4.57 Å². The minimum Gasteiger partial charge on any atom is -0.391 e. The van der Waals surface area contributed by atoms with Crippen LogP contribution in [-0.2, 0) is 18.4 Å². The number of allylic oxidation sites excluding steroid dienone is 2. The number of aliphatic hydroxyl groups is 1. The minimum absolute atomic E-state index is 0.0777. The summed E-state index contributed by atoms with van der Waals surface area (Å²) in [6.07, 6.45) is 71.5. The zero-order chi connectivity index (χ0) is 54.2. The molecule has 3 atom stereocenters. The van der Waals surface area contributed by atoms with E-state index in [2.05, 4.69) is 31.3 Å². The van der Waals surface area contributed by atoms with E-state index >= 15 is 0 Å². The topological polar surface area (TPSA) is 105 Å². The number of carbonyl (C=O) groups is 1. The molecular formula is C65H132N2O6P+. The summed E-state index contributed by atoms with van der Waals surface area (Å²) in [6.45, 7) is 4.95. The molecule has 0 aromatic rings. The van der Waals surface area contributed by atoms with Crippen LogP contribution in [0.25, 0.3) is 0 Å². The summed E-state index contributed by atoms with van der Waals surface area (Å²) in [5.41, 5.74) is 0. The van der Waals surface area contributed by atoms with Gasteiger partial charge in [0.15, 0.2) is 0 Å². The fourth-order valence-electron chi connectivity index (χ4n) is 10.3. The first-order valence-corrected chi connectivity index (χ1v) is 34.5. The predicted octanol–water partition coefficient (Wildman–Crippen LogP) is 20.6. The maximum atomic E-state index is 13.0. The summed E-state index contributed by atoms with van der Waals surface area (Å²) in [6, 6.07) is -0.759. The highest BCUT2D eigenvalue weighted by Crippen LogP contribution is 2.43. The average molecular weight is 1070 g/mol. The number of likely N-dealkylation sites (N-methyl/N-ethyl adjacent to an activating group) is 1. The molecule has 0 heterocycles. The Bertz CT molecular complexity index is 1210. The number of phosphoric acid groups is 1. The number of unbranched alkanes of at least 4 members (excludes halogenated alkanes) is 47. The molecule has 0 rings (SSSR count). The fourth-order valence-corrected chi connectivity index (χ4v) is 11.1. The molecule has 0 fully saturated rings. The number of quaternary nitrogens is 1. The standard InChI is InChI=1S/C65H131N2O6P/c1-6-8-10-12-14-16-18-20-22-24-26-28-30-31-32-33-34-35-37-39-41-43-45-47-49-51-53-55-57-59-65(69)66-63(62-73-74(70,71)72-61-60-67(3,4)5)64(68)58-56-54-52-50-48-46-44-42-40-38-36-29-27-25-23-21-19-17-15-13-11-9-7-2/h31-32,63-64,68H,6-30,33-62H2,1-5H3,(H-,66,69,70,71)/p+1/b32-31-. The van der Waals surface area contributed by atoms with Crippen LogP contribution in [0.15, 0.2) is 12.2 Å². The van der Waals surface area contributed by atoms with E-state index in [1.54, 1.807) is 0 Å². The number of carbonyl (C=O) groups excluding carboxylic acids is 1. The molecule has 0 saturated heterocycles. The Morgan fingerprint density at radius 3 is 1.04 bits per heavy atom. The van der Waals surface area contributed by atoms with E-state index in [0.717, 1.165) is 38.5 Å². The monoisotopic (exact) mass is 1070 g/mol. The van der Waals surface area contributed by atoms with Crippen molar-refractivity contribution in [2.75, 3.05) is 40.9 Å². The maximum Gasteiger partial charge on any atom is 0.472 e. The first kappa shape index (κ1) is 73.2. The van der Waals surface area contributed by atoms with Crippen LogP contribution in [0.1, 0.15) is 348 Å². The molecule has 8 nitrogen and oxygen atoms in total. The van der Waals surface area contributed by atoms with Crippen molar-refractivity contribution in [3.8, 4) is 0 Å². The lowest BCUT2D eigenvalue weighted by Gasteiger charge is -2.26. The van der Waals surface area contributed by atoms with Gasteiger partial charge < -0.3 is 19.8 Å². The van der Waals surface area contributed by atoms with Crippen molar-refractivity contribution in [2.24, 2.45) is 0 Å². The Morgan fingerprint density at radius 2 is 0.730 bits per heavy atom. The molecule has 0 saturated carbocycles. The predicted molar refractivity (Wildman–Crippen MR) is 323 cm³/mol. The SMILES string of the molecule is CCCCCCCCCCCCCC/C=C\CCCCCCCCCCCCCCCC(=O)NC(COP(=O)(O)OCC[N+](C)(C)C)C(O)CCCCCCCCCCCCCCCCCCCCCCCCC. The van der Waals surface area contributed by atoms with E-state index < -0.39 is 20.0 Å². The summed E-state index contributed by atoms with van der Waals surface area (Å²) in [5.74, 6) is -0.137. The van der Waals surface area contributed by atoms with Gasteiger partial charge in [-0.1, -0.05) is 315 Å². The Hall–Kier alpha value is -0.760. The van der Waals surface area contributed by atoms with Gasteiger partial charge in [0.05, 0.1) is 39.9 Å². The number of aliphatic hydroxyl groups excluding tert-OH is 1. The van der Waals surface area contributed by atoms with Crippen LogP contribution in [-0.4, -0.2) is 73.4 Å². The summed E-state index contributed by atoms with van der Waals surface area (Å²) in [4.78, 5) is 23.4. The quantitative estimate of drug-likeness (QED) is 0.0243. The summed E-state index contributed by atoms with van der Waals surface area (Å²) in [7, 11) is 1.64. The first-order valence-electron chi connectivity index (χ1n) is 33.1. The number of amides is 1. The van der Waals surface area contributed by atoms with E-state index in [9.17, 15) is 19.4 Å². The fraction of sp³-hybridized carbons (Fsp3) is 0.954. The van der Waals surface area contributed by atoms with Gasteiger partial charge in [0.1, 0.15) is 13.2 Å². The van der Waals surface area contributed by atoms with Gasteiger partial charge in [-0.3, -0.25) is 13.8 Å². The second kappa shape index (κ2) is 56.9. The third kappa shape index (κ3) is 58.9. The third-order valence-corrected chi connectivity index (χ3v) is 16.5. The average Bonchev–Trinajstić information content (AvgIpc) is 3.36. The van der Waals surface area contributed by atoms with Gasteiger partial charge in [-0.2, -0.15) is 0 Å².